The van der Waals surface area contributed by atoms with E-state index in [1.54, 1.807) is 0 Å². The van der Waals surface area contributed by atoms with Crippen molar-refractivity contribution in [1.29, 1.82) is 0 Å². The first-order valence-electron chi connectivity index (χ1n) is 4.22. The fourth-order valence-electron chi connectivity index (χ4n) is 1.19. The summed E-state index contributed by atoms with van der Waals surface area (Å²) < 4.78 is 111. The molecule has 0 aliphatic rings. The lowest BCUT2D eigenvalue weighted by Crippen LogP contribution is -2.19. The van der Waals surface area contributed by atoms with Gasteiger partial charge in [0.15, 0.2) is 17.5 Å². The van der Waals surface area contributed by atoms with Gasteiger partial charge < -0.3 is 5.73 Å². The topological polar surface area (TPSA) is 43.1 Å². The lowest BCUT2D eigenvalue weighted by Gasteiger charge is -2.14. The van der Waals surface area contributed by atoms with Gasteiger partial charge in [0, 0.05) is 0 Å². The molecule has 0 saturated carbocycles. The minimum atomic E-state index is -5.63. The Bertz CT molecular complexity index is 512. The Labute approximate surface area is 102 Å². The molecule has 0 aliphatic heterocycles. The van der Waals surface area contributed by atoms with Gasteiger partial charge in [-0.05, 0) is 0 Å². The summed E-state index contributed by atoms with van der Waals surface area (Å²) in [4.78, 5) is -1.84. The highest BCUT2D eigenvalue weighted by Crippen LogP contribution is 2.39. The Kier molecular flexibility index (Phi) is 4.08. The van der Waals surface area contributed by atoms with Crippen molar-refractivity contribution in [2.24, 2.45) is 0 Å². The summed E-state index contributed by atoms with van der Waals surface area (Å²) in [6, 6.07) is 0. The van der Waals surface area contributed by atoms with Crippen molar-refractivity contribution < 1.29 is 39.3 Å². The molecule has 0 radical (unpaired) electrons. The molecule has 0 fully saturated rings. The summed E-state index contributed by atoms with van der Waals surface area (Å²) in [7, 11) is -3.59. The molecule has 1 atom stereocenters. The van der Waals surface area contributed by atoms with Crippen molar-refractivity contribution in [3.05, 3.63) is 23.0 Å². The number of halogens is 8. The SMILES string of the molecule is Nc1c(F)c(C(F)(F)F)c(F)c(F)c1S(=O)C(F)F. The molecule has 0 bridgehead atoms. The van der Waals surface area contributed by atoms with E-state index in [1.165, 1.54) is 0 Å². The van der Waals surface area contributed by atoms with Crippen LogP contribution in [-0.4, -0.2) is 9.97 Å². The summed E-state index contributed by atoms with van der Waals surface area (Å²) in [5, 5.41) is 0. The number of nitrogens with two attached hydrogens (primary N) is 1. The minimum absolute atomic E-state index is 1.77. The first-order chi connectivity index (χ1) is 8.50. The van der Waals surface area contributed by atoms with Gasteiger partial charge in [-0.3, -0.25) is 0 Å². The highest BCUT2D eigenvalue weighted by Gasteiger charge is 2.43. The average Bonchev–Trinajstić information content (AvgIpc) is 2.24. The second kappa shape index (κ2) is 4.94. The van der Waals surface area contributed by atoms with Crippen molar-refractivity contribution in [2.45, 2.75) is 16.8 Å². The van der Waals surface area contributed by atoms with Gasteiger partial charge in [-0.2, -0.15) is 22.0 Å². The molecule has 1 rings (SSSR count). The molecular formula is C8H3F8NOS. The molecule has 0 aliphatic carbocycles. The Hall–Kier alpha value is -1.39. The number of hydrogen-bond acceptors (Lipinski definition) is 2. The van der Waals surface area contributed by atoms with E-state index in [0.717, 1.165) is 0 Å². The Morgan fingerprint density at radius 3 is 1.84 bits per heavy atom. The van der Waals surface area contributed by atoms with Crippen LogP contribution in [0, 0.1) is 17.5 Å². The van der Waals surface area contributed by atoms with Gasteiger partial charge in [0.25, 0.3) is 0 Å². The van der Waals surface area contributed by atoms with Crippen molar-refractivity contribution in [3.63, 3.8) is 0 Å². The predicted molar refractivity (Wildman–Crippen MR) is 48.1 cm³/mol. The van der Waals surface area contributed by atoms with Gasteiger partial charge in [0.2, 0.25) is 0 Å². The molecule has 19 heavy (non-hydrogen) atoms. The first-order valence-corrected chi connectivity index (χ1v) is 5.43. The highest BCUT2D eigenvalue weighted by molar-refractivity contribution is 7.85. The molecule has 0 aromatic heterocycles. The van der Waals surface area contributed by atoms with Crippen molar-refractivity contribution in [1.82, 2.24) is 0 Å². The van der Waals surface area contributed by atoms with Crippen LogP contribution in [-0.2, 0) is 17.0 Å². The molecule has 0 heterocycles. The smallest absolute Gasteiger partial charge is 0.395 e. The summed E-state index contributed by atoms with van der Waals surface area (Å²) >= 11 is 0. The molecule has 1 aromatic carbocycles. The molecule has 2 nitrogen and oxygen atoms in total. The lowest BCUT2D eigenvalue weighted by atomic mass is 10.1. The second-order valence-electron chi connectivity index (χ2n) is 3.12. The van der Waals surface area contributed by atoms with Crippen LogP contribution in [0.15, 0.2) is 4.90 Å². The Morgan fingerprint density at radius 2 is 1.47 bits per heavy atom. The maximum absolute atomic E-state index is 13.2. The zero-order valence-corrected chi connectivity index (χ0v) is 9.31. The van der Waals surface area contributed by atoms with Crippen molar-refractivity contribution >= 4 is 16.5 Å². The monoisotopic (exact) mass is 313 g/mol. The summed E-state index contributed by atoms with van der Waals surface area (Å²) in [6.07, 6.45) is -5.63. The van der Waals surface area contributed by atoms with E-state index in [-0.39, 0.29) is 0 Å². The molecule has 1 aromatic rings. The summed E-state index contributed by atoms with van der Waals surface area (Å²) in [5.74, 6) is -11.6. The van der Waals surface area contributed by atoms with Crippen LogP contribution in [0.2, 0.25) is 0 Å². The van der Waals surface area contributed by atoms with Crippen LogP contribution < -0.4 is 5.73 Å². The van der Waals surface area contributed by atoms with E-state index in [2.05, 4.69) is 5.73 Å². The second-order valence-corrected chi connectivity index (χ2v) is 4.47. The number of nitrogen functional groups attached to an aromatic ring is 1. The molecule has 0 saturated heterocycles. The van der Waals surface area contributed by atoms with Crippen LogP contribution in [0.1, 0.15) is 5.56 Å². The molecule has 11 heteroatoms. The Balaban J connectivity index is 3.72. The predicted octanol–water partition coefficient (Wildman–Crippen LogP) is 3.04. The van der Waals surface area contributed by atoms with Crippen LogP contribution >= 0.6 is 0 Å². The third kappa shape index (κ3) is 2.65. The molecule has 1 unspecified atom stereocenters. The van der Waals surface area contributed by atoms with Crippen molar-refractivity contribution in [2.75, 3.05) is 5.73 Å². The number of alkyl halides is 5. The van der Waals surface area contributed by atoms with Gasteiger partial charge in [-0.25, -0.2) is 17.4 Å². The summed E-state index contributed by atoms with van der Waals surface area (Å²) in [6.45, 7) is 0. The largest absolute Gasteiger partial charge is 0.422 e. The first kappa shape index (κ1) is 15.7. The van der Waals surface area contributed by atoms with Crippen LogP contribution in [0.4, 0.5) is 40.8 Å². The number of anilines is 1. The summed E-state index contributed by atoms with van der Waals surface area (Å²) in [5.41, 5.74) is 0.238. The number of rotatable bonds is 2. The maximum atomic E-state index is 13.2. The van der Waals surface area contributed by atoms with Gasteiger partial charge in [0.05, 0.1) is 5.69 Å². The quantitative estimate of drug-likeness (QED) is 0.518. The third-order valence-electron chi connectivity index (χ3n) is 1.96. The Morgan fingerprint density at radius 1 is 1.00 bits per heavy atom. The third-order valence-corrected chi connectivity index (χ3v) is 3.08. The number of benzene rings is 1. The van der Waals surface area contributed by atoms with E-state index in [0.29, 0.717) is 0 Å². The normalized spacial score (nSPS) is 13.9. The molecular weight excluding hydrogens is 310 g/mol. The fourth-order valence-corrected chi connectivity index (χ4v) is 1.94. The van der Waals surface area contributed by atoms with Gasteiger partial charge in [-0.1, -0.05) is 0 Å². The van der Waals surface area contributed by atoms with E-state index in [9.17, 15) is 39.3 Å². The highest BCUT2D eigenvalue weighted by atomic mass is 32.2. The van der Waals surface area contributed by atoms with Crippen LogP contribution in [0.25, 0.3) is 0 Å². The zero-order chi connectivity index (χ0) is 15.1. The van der Waals surface area contributed by atoms with E-state index >= 15 is 0 Å². The fraction of sp³-hybridized carbons (Fsp3) is 0.250. The molecule has 0 spiro atoms. The van der Waals surface area contributed by atoms with Gasteiger partial charge in [-0.15, -0.1) is 0 Å². The van der Waals surface area contributed by atoms with E-state index in [4.69, 9.17) is 0 Å². The van der Waals surface area contributed by atoms with Gasteiger partial charge in [0.1, 0.15) is 21.3 Å². The average molecular weight is 313 g/mol. The zero-order valence-electron chi connectivity index (χ0n) is 8.49. The minimum Gasteiger partial charge on any atom is -0.395 e. The molecule has 0 amide bonds. The van der Waals surface area contributed by atoms with Crippen molar-refractivity contribution in [3.8, 4) is 0 Å². The van der Waals surface area contributed by atoms with E-state index in [1.807, 2.05) is 0 Å². The van der Waals surface area contributed by atoms with Crippen LogP contribution in [0.3, 0.4) is 0 Å². The maximum Gasteiger partial charge on any atom is 0.422 e. The molecule has 2 N–H and O–H groups in total. The number of hydrogen-bond donors (Lipinski definition) is 1. The lowest BCUT2D eigenvalue weighted by molar-refractivity contribution is -0.142. The van der Waals surface area contributed by atoms with E-state index < -0.39 is 56.3 Å². The standard InChI is InChI=1S/C8H3F8NOS/c9-2-1(8(14,15)16)3(10)5(17)6(4(2)11)19(18)7(12)13/h7H,17H2. The van der Waals surface area contributed by atoms with Crippen LogP contribution in [0.5, 0.6) is 0 Å². The molecule has 108 valence electrons. The van der Waals surface area contributed by atoms with Gasteiger partial charge >= 0.3 is 11.9 Å².